The first-order valence-corrected chi connectivity index (χ1v) is 6.97. The highest BCUT2D eigenvalue weighted by Gasteiger charge is 2.18. The second-order valence-electron chi connectivity index (χ2n) is 4.33. The zero-order valence-electron chi connectivity index (χ0n) is 10.6. The van der Waals surface area contributed by atoms with Crippen molar-refractivity contribution in [1.82, 2.24) is 5.32 Å². The summed E-state index contributed by atoms with van der Waals surface area (Å²) in [7, 11) is 1.88. The third-order valence-corrected chi connectivity index (χ3v) is 4.77. The molecule has 0 bridgehead atoms. The Morgan fingerprint density at radius 3 is 2.50 bits per heavy atom. The van der Waals surface area contributed by atoms with Crippen LogP contribution in [0.25, 0.3) is 0 Å². The lowest BCUT2D eigenvalue weighted by Gasteiger charge is -2.16. The molecule has 96 valence electrons. The van der Waals surface area contributed by atoms with Gasteiger partial charge in [-0.25, -0.2) is 4.39 Å². The van der Waals surface area contributed by atoms with Crippen LogP contribution in [-0.4, -0.2) is 7.05 Å². The fourth-order valence-electron chi connectivity index (χ4n) is 1.94. The van der Waals surface area contributed by atoms with Crippen molar-refractivity contribution in [3.8, 4) is 0 Å². The van der Waals surface area contributed by atoms with E-state index in [0.29, 0.717) is 5.56 Å². The Hall–Kier alpha value is -0.900. The number of hydrogen-bond acceptors (Lipinski definition) is 2. The van der Waals surface area contributed by atoms with Crippen LogP contribution in [0, 0.1) is 19.7 Å². The molecule has 1 heterocycles. The van der Waals surface area contributed by atoms with Gasteiger partial charge in [-0.15, -0.1) is 11.3 Å². The van der Waals surface area contributed by atoms with E-state index >= 15 is 0 Å². The lowest BCUT2D eigenvalue weighted by molar-refractivity contribution is 0.614. The van der Waals surface area contributed by atoms with Crippen molar-refractivity contribution in [2.75, 3.05) is 7.05 Å². The van der Waals surface area contributed by atoms with E-state index < -0.39 is 0 Å². The molecule has 0 radical (unpaired) electrons. The molecule has 0 saturated heterocycles. The molecule has 0 aliphatic carbocycles. The van der Waals surface area contributed by atoms with Gasteiger partial charge in [0.25, 0.3) is 0 Å². The van der Waals surface area contributed by atoms with Gasteiger partial charge in [0.15, 0.2) is 0 Å². The zero-order chi connectivity index (χ0) is 13.3. The van der Waals surface area contributed by atoms with Gasteiger partial charge in [-0.2, -0.15) is 0 Å². The van der Waals surface area contributed by atoms with E-state index in [-0.39, 0.29) is 11.9 Å². The lowest BCUT2D eigenvalue weighted by Crippen LogP contribution is -2.17. The highest BCUT2D eigenvalue weighted by molar-refractivity contribution is 7.10. The smallest absolute Gasteiger partial charge is 0.126 e. The van der Waals surface area contributed by atoms with Crippen molar-refractivity contribution in [2.45, 2.75) is 19.9 Å². The largest absolute Gasteiger partial charge is 0.309 e. The molecule has 1 nitrogen and oxygen atoms in total. The third kappa shape index (κ3) is 2.44. The van der Waals surface area contributed by atoms with Crippen molar-refractivity contribution < 1.29 is 4.39 Å². The molecule has 2 rings (SSSR count). The number of thiophene rings is 1. The van der Waals surface area contributed by atoms with Crippen LogP contribution >= 0.6 is 22.9 Å². The number of halogens is 2. The van der Waals surface area contributed by atoms with Crippen molar-refractivity contribution in [3.05, 3.63) is 56.0 Å². The normalized spacial score (nSPS) is 12.7. The molecule has 2 aromatic rings. The van der Waals surface area contributed by atoms with Crippen LogP contribution < -0.4 is 5.32 Å². The Bertz CT molecular complexity index is 565. The molecule has 18 heavy (non-hydrogen) atoms. The fourth-order valence-corrected chi connectivity index (χ4v) is 3.38. The SMILES string of the molecule is CNC(c1ccc(F)c(C)c1)c1scc(C)c1Cl. The summed E-state index contributed by atoms with van der Waals surface area (Å²) in [6.45, 7) is 3.76. The number of rotatable bonds is 3. The van der Waals surface area contributed by atoms with Crippen molar-refractivity contribution in [3.63, 3.8) is 0 Å². The maximum absolute atomic E-state index is 13.3. The number of aryl methyl sites for hydroxylation is 2. The average Bonchev–Trinajstić information content (AvgIpc) is 2.67. The molecule has 1 aromatic carbocycles. The van der Waals surface area contributed by atoms with E-state index in [9.17, 15) is 4.39 Å². The van der Waals surface area contributed by atoms with Gasteiger partial charge >= 0.3 is 0 Å². The Morgan fingerprint density at radius 1 is 1.28 bits per heavy atom. The molecule has 1 aromatic heterocycles. The van der Waals surface area contributed by atoms with E-state index in [1.54, 1.807) is 24.3 Å². The molecule has 1 unspecified atom stereocenters. The second kappa shape index (κ2) is 5.39. The Balaban J connectivity index is 2.45. The minimum absolute atomic E-state index is 0.00972. The van der Waals surface area contributed by atoms with Crippen LogP contribution in [0.1, 0.15) is 27.6 Å². The summed E-state index contributed by atoms with van der Waals surface area (Å²) in [5.74, 6) is -0.179. The first kappa shape index (κ1) is 13.5. The fraction of sp³-hybridized carbons (Fsp3) is 0.286. The monoisotopic (exact) mass is 283 g/mol. The molecular weight excluding hydrogens is 269 g/mol. The summed E-state index contributed by atoms with van der Waals surface area (Å²) in [6.07, 6.45) is 0. The first-order chi connectivity index (χ1) is 8.54. The van der Waals surface area contributed by atoms with Gasteiger partial charge in [-0.1, -0.05) is 23.7 Å². The summed E-state index contributed by atoms with van der Waals surface area (Å²) >= 11 is 7.93. The zero-order valence-corrected chi connectivity index (χ0v) is 12.1. The molecule has 0 fully saturated rings. The average molecular weight is 284 g/mol. The van der Waals surface area contributed by atoms with E-state index in [1.807, 2.05) is 25.4 Å². The van der Waals surface area contributed by atoms with Crippen LogP contribution in [0.3, 0.4) is 0 Å². The molecule has 0 saturated carbocycles. The number of hydrogen-bond donors (Lipinski definition) is 1. The minimum atomic E-state index is -0.179. The van der Waals surface area contributed by atoms with E-state index in [4.69, 9.17) is 11.6 Å². The molecule has 1 atom stereocenters. The number of benzene rings is 1. The Morgan fingerprint density at radius 2 is 2.00 bits per heavy atom. The first-order valence-electron chi connectivity index (χ1n) is 5.71. The van der Waals surface area contributed by atoms with Gasteiger partial charge in [0.1, 0.15) is 5.82 Å². The maximum Gasteiger partial charge on any atom is 0.126 e. The molecule has 0 aliphatic rings. The van der Waals surface area contributed by atoms with E-state index in [1.165, 1.54) is 6.07 Å². The summed E-state index contributed by atoms with van der Waals surface area (Å²) in [4.78, 5) is 1.07. The molecule has 1 N–H and O–H groups in total. The molecule has 0 spiro atoms. The quantitative estimate of drug-likeness (QED) is 0.876. The van der Waals surface area contributed by atoms with Gasteiger partial charge in [0.05, 0.1) is 11.1 Å². The summed E-state index contributed by atoms with van der Waals surface area (Å²) < 4.78 is 13.3. The summed E-state index contributed by atoms with van der Waals surface area (Å²) in [6, 6.07) is 5.18. The van der Waals surface area contributed by atoms with Crippen LogP contribution in [0.5, 0.6) is 0 Å². The van der Waals surface area contributed by atoms with Crippen molar-refractivity contribution >= 4 is 22.9 Å². The van der Waals surface area contributed by atoms with E-state index in [0.717, 1.165) is 21.0 Å². The van der Waals surface area contributed by atoms with Gasteiger partial charge in [-0.05, 0) is 49.0 Å². The van der Waals surface area contributed by atoms with Crippen LogP contribution in [-0.2, 0) is 0 Å². The van der Waals surface area contributed by atoms with Gasteiger partial charge in [0.2, 0.25) is 0 Å². The van der Waals surface area contributed by atoms with Crippen LogP contribution in [0.4, 0.5) is 4.39 Å². The van der Waals surface area contributed by atoms with Gasteiger partial charge < -0.3 is 5.32 Å². The highest BCUT2D eigenvalue weighted by Crippen LogP contribution is 2.35. The molecule has 0 amide bonds. The molecular formula is C14H15ClFNS. The third-order valence-electron chi connectivity index (χ3n) is 2.99. The van der Waals surface area contributed by atoms with Gasteiger partial charge in [0, 0.05) is 4.88 Å². The predicted molar refractivity (Wildman–Crippen MR) is 76.1 cm³/mol. The maximum atomic E-state index is 13.3. The Labute approximate surface area is 116 Å². The Kier molecular flexibility index (Phi) is 4.05. The van der Waals surface area contributed by atoms with Crippen molar-refractivity contribution in [2.24, 2.45) is 0 Å². The number of nitrogens with one attached hydrogen (secondary N) is 1. The van der Waals surface area contributed by atoms with Crippen LogP contribution in [0.15, 0.2) is 23.6 Å². The lowest BCUT2D eigenvalue weighted by atomic mass is 10.0. The van der Waals surface area contributed by atoms with Crippen molar-refractivity contribution in [1.29, 1.82) is 0 Å². The minimum Gasteiger partial charge on any atom is -0.309 e. The predicted octanol–water partition coefficient (Wildman–Crippen LogP) is 4.47. The summed E-state index contributed by atoms with van der Waals surface area (Å²) in [5, 5.41) is 6.07. The molecule has 4 heteroatoms. The standard InChI is InChI=1S/C14H15ClFNS/c1-8-6-10(4-5-11(8)16)13(17-3)14-12(15)9(2)7-18-14/h4-7,13,17H,1-3H3. The molecule has 0 aliphatic heterocycles. The van der Waals surface area contributed by atoms with E-state index in [2.05, 4.69) is 5.32 Å². The second-order valence-corrected chi connectivity index (χ2v) is 5.62. The highest BCUT2D eigenvalue weighted by atomic mass is 35.5. The van der Waals surface area contributed by atoms with Crippen LogP contribution in [0.2, 0.25) is 5.02 Å². The topological polar surface area (TPSA) is 12.0 Å². The van der Waals surface area contributed by atoms with Gasteiger partial charge in [-0.3, -0.25) is 0 Å². The summed E-state index contributed by atoms with van der Waals surface area (Å²) in [5.41, 5.74) is 2.76.